The molecule has 0 unspecified atom stereocenters. The predicted octanol–water partition coefficient (Wildman–Crippen LogP) is 1.57. The lowest BCUT2D eigenvalue weighted by molar-refractivity contribution is 0.564. The van der Waals surface area contributed by atoms with E-state index in [0.717, 1.165) is 36.7 Å². The largest absolute Gasteiger partial charge is 0.442 e. The fourth-order valence-corrected chi connectivity index (χ4v) is 1.56. The van der Waals surface area contributed by atoms with Crippen LogP contribution in [0.15, 0.2) is 23.3 Å². The molecular weight excluding hydrogens is 204 g/mol. The molecule has 5 heteroatoms. The van der Waals surface area contributed by atoms with Crippen LogP contribution in [0.1, 0.15) is 19.0 Å². The molecule has 0 aromatic carbocycles. The van der Waals surface area contributed by atoms with Crippen LogP contribution < -0.4 is 5.32 Å². The van der Waals surface area contributed by atoms with E-state index in [9.17, 15) is 0 Å². The SMILES string of the molecule is CCCNCc1ncoc1-c1cncn1C. The molecule has 0 aliphatic carbocycles. The topological polar surface area (TPSA) is 55.9 Å². The van der Waals surface area contributed by atoms with Crippen LogP contribution in [0.2, 0.25) is 0 Å². The van der Waals surface area contributed by atoms with Gasteiger partial charge in [0.05, 0.1) is 12.5 Å². The maximum absolute atomic E-state index is 5.41. The molecule has 0 spiro atoms. The summed E-state index contributed by atoms with van der Waals surface area (Å²) in [5.74, 6) is 0.795. The third kappa shape index (κ3) is 2.14. The van der Waals surface area contributed by atoms with E-state index >= 15 is 0 Å². The molecule has 2 aromatic heterocycles. The minimum atomic E-state index is 0.727. The van der Waals surface area contributed by atoms with Crippen molar-refractivity contribution in [3.63, 3.8) is 0 Å². The second-order valence-electron chi connectivity index (χ2n) is 3.69. The predicted molar refractivity (Wildman–Crippen MR) is 60.7 cm³/mol. The third-order valence-corrected chi connectivity index (χ3v) is 2.41. The highest BCUT2D eigenvalue weighted by Crippen LogP contribution is 2.21. The van der Waals surface area contributed by atoms with Gasteiger partial charge in [0, 0.05) is 13.6 Å². The van der Waals surface area contributed by atoms with Crippen molar-refractivity contribution in [2.45, 2.75) is 19.9 Å². The number of aryl methyl sites for hydroxylation is 1. The number of oxazole rings is 1. The van der Waals surface area contributed by atoms with Crippen molar-refractivity contribution in [1.82, 2.24) is 19.9 Å². The van der Waals surface area contributed by atoms with Crippen molar-refractivity contribution in [2.24, 2.45) is 7.05 Å². The van der Waals surface area contributed by atoms with E-state index in [1.54, 1.807) is 12.5 Å². The number of nitrogens with zero attached hydrogens (tertiary/aromatic N) is 3. The molecule has 0 amide bonds. The number of hydrogen-bond donors (Lipinski definition) is 1. The molecule has 0 bridgehead atoms. The Morgan fingerprint density at radius 2 is 2.38 bits per heavy atom. The summed E-state index contributed by atoms with van der Waals surface area (Å²) in [6, 6.07) is 0. The zero-order valence-corrected chi connectivity index (χ0v) is 9.60. The van der Waals surface area contributed by atoms with Crippen molar-refractivity contribution >= 4 is 0 Å². The maximum atomic E-state index is 5.41. The first kappa shape index (κ1) is 10.9. The van der Waals surface area contributed by atoms with Crippen molar-refractivity contribution < 1.29 is 4.42 Å². The highest BCUT2D eigenvalue weighted by Gasteiger charge is 2.12. The first-order valence-electron chi connectivity index (χ1n) is 5.42. The lowest BCUT2D eigenvalue weighted by Gasteiger charge is -2.02. The van der Waals surface area contributed by atoms with Gasteiger partial charge in [0.25, 0.3) is 0 Å². The van der Waals surface area contributed by atoms with E-state index in [1.807, 2.05) is 11.6 Å². The lowest BCUT2D eigenvalue weighted by Crippen LogP contribution is -2.14. The molecule has 0 radical (unpaired) electrons. The summed E-state index contributed by atoms with van der Waals surface area (Å²) < 4.78 is 7.33. The van der Waals surface area contributed by atoms with E-state index in [2.05, 4.69) is 22.2 Å². The smallest absolute Gasteiger partial charge is 0.181 e. The lowest BCUT2D eigenvalue weighted by atomic mass is 10.2. The van der Waals surface area contributed by atoms with Crippen LogP contribution in [0.3, 0.4) is 0 Å². The van der Waals surface area contributed by atoms with E-state index in [1.165, 1.54) is 6.39 Å². The molecule has 5 nitrogen and oxygen atoms in total. The van der Waals surface area contributed by atoms with Gasteiger partial charge in [-0.15, -0.1) is 0 Å². The van der Waals surface area contributed by atoms with Gasteiger partial charge in [-0.05, 0) is 13.0 Å². The van der Waals surface area contributed by atoms with Crippen LogP contribution in [-0.4, -0.2) is 21.1 Å². The fraction of sp³-hybridized carbons (Fsp3) is 0.455. The Labute approximate surface area is 94.5 Å². The van der Waals surface area contributed by atoms with Gasteiger partial charge in [-0.1, -0.05) is 6.92 Å². The Bertz CT molecular complexity index is 446. The molecule has 0 atom stereocenters. The monoisotopic (exact) mass is 220 g/mol. The Morgan fingerprint density at radius 1 is 1.50 bits per heavy atom. The maximum Gasteiger partial charge on any atom is 0.181 e. The Morgan fingerprint density at radius 3 is 3.06 bits per heavy atom. The average Bonchev–Trinajstić information content (AvgIpc) is 2.87. The second-order valence-corrected chi connectivity index (χ2v) is 3.69. The van der Waals surface area contributed by atoms with Gasteiger partial charge in [0.15, 0.2) is 12.2 Å². The summed E-state index contributed by atoms with van der Waals surface area (Å²) in [7, 11) is 1.94. The zero-order chi connectivity index (χ0) is 11.4. The van der Waals surface area contributed by atoms with Crippen LogP contribution in [0, 0.1) is 0 Å². The molecular formula is C11H16N4O. The van der Waals surface area contributed by atoms with Crippen LogP contribution >= 0.6 is 0 Å². The van der Waals surface area contributed by atoms with Crippen LogP contribution in [0.25, 0.3) is 11.5 Å². The normalized spacial score (nSPS) is 10.9. The number of nitrogens with one attached hydrogen (secondary N) is 1. The highest BCUT2D eigenvalue weighted by atomic mass is 16.3. The van der Waals surface area contributed by atoms with Gasteiger partial charge >= 0.3 is 0 Å². The fourth-order valence-electron chi connectivity index (χ4n) is 1.56. The molecule has 0 saturated heterocycles. The van der Waals surface area contributed by atoms with E-state index in [0.29, 0.717) is 0 Å². The molecule has 2 rings (SSSR count). The first-order chi connectivity index (χ1) is 7.83. The summed E-state index contributed by atoms with van der Waals surface area (Å²) in [5.41, 5.74) is 1.88. The molecule has 2 aromatic rings. The van der Waals surface area contributed by atoms with E-state index in [-0.39, 0.29) is 0 Å². The summed E-state index contributed by atoms with van der Waals surface area (Å²) in [5, 5.41) is 3.31. The van der Waals surface area contributed by atoms with Crippen molar-refractivity contribution in [1.29, 1.82) is 0 Å². The van der Waals surface area contributed by atoms with E-state index < -0.39 is 0 Å². The minimum absolute atomic E-state index is 0.727. The van der Waals surface area contributed by atoms with E-state index in [4.69, 9.17) is 4.42 Å². The Hall–Kier alpha value is -1.62. The third-order valence-electron chi connectivity index (χ3n) is 2.41. The summed E-state index contributed by atoms with van der Waals surface area (Å²) >= 11 is 0. The average molecular weight is 220 g/mol. The standard InChI is InChI=1S/C11H16N4O/c1-3-4-12-5-9-11(16-8-14-9)10-6-13-7-15(10)2/h6-8,12H,3-5H2,1-2H3. The molecule has 0 aliphatic heterocycles. The van der Waals surface area contributed by atoms with Crippen molar-refractivity contribution in [3.8, 4) is 11.5 Å². The summed E-state index contributed by atoms with van der Waals surface area (Å²) in [4.78, 5) is 8.28. The second kappa shape index (κ2) is 4.94. The highest BCUT2D eigenvalue weighted by molar-refractivity contribution is 5.54. The van der Waals surface area contributed by atoms with Gasteiger partial charge < -0.3 is 14.3 Å². The zero-order valence-electron chi connectivity index (χ0n) is 9.60. The van der Waals surface area contributed by atoms with Gasteiger partial charge in [-0.25, -0.2) is 9.97 Å². The molecule has 0 saturated carbocycles. The first-order valence-corrected chi connectivity index (χ1v) is 5.42. The van der Waals surface area contributed by atoms with Crippen LogP contribution in [0.5, 0.6) is 0 Å². The number of aromatic nitrogens is 3. The summed E-state index contributed by atoms with van der Waals surface area (Å²) in [6.07, 6.45) is 6.12. The molecule has 16 heavy (non-hydrogen) atoms. The Kier molecular flexibility index (Phi) is 3.36. The van der Waals surface area contributed by atoms with Gasteiger partial charge in [0.2, 0.25) is 0 Å². The minimum Gasteiger partial charge on any atom is -0.442 e. The van der Waals surface area contributed by atoms with Crippen molar-refractivity contribution in [3.05, 3.63) is 24.6 Å². The molecule has 2 heterocycles. The number of hydrogen-bond acceptors (Lipinski definition) is 4. The molecule has 0 aliphatic rings. The molecule has 0 fully saturated rings. The number of rotatable bonds is 5. The number of imidazole rings is 1. The molecule has 86 valence electrons. The quantitative estimate of drug-likeness (QED) is 0.777. The molecule has 1 N–H and O–H groups in total. The van der Waals surface area contributed by atoms with Crippen LogP contribution in [0.4, 0.5) is 0 Å². The van der Waals surface area contributed by atoms with Crippen molar-refractivity contribution in [2.75, 3.05) is 6.54 Å². The summed E-state index contributed by atoms with van der Waals surface area (Å²) in [6.45, 7) is 3.85. The Balaban J connectivity index is 2.16. The van der Waals surface area contributed by atoms with Gasteiger partial charge in [0.1, 0.15) is 11.4 Å². The van der Waals surface area contributed by atoms with Crippen LogP contribution in [-0.2, 0) is 13.6 Å². The van der Waals surface area contributed by atoms with Gasteiger partial charge in [-0.3, -0.25) is 0 Å². The van der Waals surface area contributed by atoms with Gasteiger partial charge in [-0.2, -0.15) is 0 Å².